The van der Waals surface area contributed by atoms with Crippen LogP contribution < -0.4 is 4.74 Å². The highest BCUT2D eigenvalue weighted by atomic mass is 16.5. The minimum atomic E-state index is -1.14. The van der Waals surface area contributed by atoms with E-state index < -0.39 is 17.7 Å². The van der Waals surface area contributed by atoms with Gasteiger partial charge in [-0.15, -0.1) is 0 Å². The fraction of sp³-hybridized carbons (Fsp3) is 0.355. The molecule has 5 heteroatoms. The molecule has 0 radical (unpaired) electrons. The summed E-state index contributed by atoms with van der Waals surface area (Å²) in [5.74, 6) is -0.1000. The predicted octanol–water partition coefficient (Wildman–Crippen LogP) is 7.25. The zero-order valence-electron chi connectivity index (χ0n) is 21.9. The molecule has 0 bridgehead atoms. The van der Waals surface area contributed by atoms with E-state index >= 15 is 0 Å². The topological polar surface area (TPSA) is 68.7 Å². The summed E-state index contributed by atoms with van der Waals surface area (Å²) in [7, 11) is 0. The number of rotatable bonds is 4. The maximum Gasteiger partial charge on any atom is 0.337 e. The molecule has 0 amide bonds. The van der Waals surface area contributed by atoms with E-state index in [0.29, 0.717) is 5.56 Å². The van der Waals surface area contributed by atoms with Crippen LogP contribution in [-0.2, 0) is 16.0 Å². The van der Waals surface area contributed by atoms with Gasteiger partial charge in [-0.1, -0.05) is 30.3 Å². The van der Waals surface area contributed by atoms with E-state index in [1.165, 1.54) is 0 Å². The number of hydrogen-bond donors (Lipinski definition) is 1. The minimum Gasteiger partial charge on any atom is -0.493 e. The quantitative estimate of drug-likeness (QED) is 0.310. The summed E-state index contributed by atoms with van der Waals surface area (Å²) < 4.78 is 12.1. The molecule has 2 heterocycles. The van der Waals surface area contributed by atoms with Gasteiger partial charge in [0.25, 0.3) is 0 Å². The fourth-order valence-electron chi connectivity index (χ4n) is 5.52. The highest BCUT2D eigenvalue weighted by Gasteiger charge is 2.33. The molecular formula is C31H33NO4. The molecule has 0 saturated heterocycles. The number of aromatic nitrogens is 1. The second-order valence-electron chi connectivity index (χ2n) is 10.7. The molecule has 36 heavy (non-hydrogen) atoms. The third kappa shape index (κ3) is 4.11. The molecule has 0 saturated carbocycles. The van der Waals surface area contributed by atoms with Crippen molar-refractivity contribution in [3.63, 3.8) is 0 Å². The largest absolute Gasteiger partial charge is 0.493 e. The van der Waals surface area contributed by atoms with Gasteiger partial charge < -0.3 is 14.6 Å². The number of carboxylic acids is 1. The number of hydrogen-bond acceptors (Lipinski definition) is 4. The first kappa shape index (κ1) is 24.3. The van der Waals surface area contributed by atoms with E-state index in [4.69, 9.17) is 14.5 Å². The Morgan fingerprint density at radius 3 is 2.47 bits per heavy atom. The normalized spacial score (nSPS) is 14.5. The van der Waals surface area contributed by atoms with Crippen molar-refractivity contribution in [1.82, 2.24) is 4.98 Å². The number of pyridine rings is 1. The van der Waals surface area contributed by atoms with Crippen LogP contribution in [0.1, 0.15) is 61.2 Å². The smallest absolute Gasteiger partial charge is 0.337 e. The highest BCUT2D eigenvalue weighted by molar-refractivity contribution is 6.12. The number of ether oxygens (including phenoxy) is 2. The van der Waals surface area contributed by atoms with Gasteiger partial charge in [-0.2, -0.15) is 0 Å². The average Bonchev–Trinajstić information content (AvgIpc) is 2.84. The Bertz CT molecular complexity index is 1510. The van der Waals surface area contributed by atoms with Gasteiger partial charge in [-0.05, 0) is 99.7 Å². The van der Waals surface area contributed by atoms with Crippen LogP contribution in [0.2, 0.25) is 0 Å². The lowest BCUT2D eigenvalue weighted by atomic mass is 9.83. The molecular weight excluding hydrogens is 450 g/mol. The van der Waals surface area contributed by atoms with Gasteiger partial charge in [0, 0.05) is 22.0 Å². The molecule has 0 unspecified atom stereocenters. The Labute approximate surface area is 212 Å². The van der Waals surface area contributed by atoms with Crippen LogP contribution in [0.25, 0.3) is 32.8 Å². The van der Waals surface area contributed by atoms with Crippen molar-refractivity contribution in [2.45, 2.75) is 66.1 Å². The van der Waals surface area contributed by atoms with Crippen LogP contribution in [0.4, 0.5) is 0 Å². The van der Waals surface area contributed by atoms with Crippen LogP contribution in [0.5, 0.6) is 5.75 Å². The molecule has 0 aliphatic carbocycles. The zero-order valence-corrected chi connectivity index (χ0v) is 21.9. The summed E-state index contributed by atoms with van der Waals surface area (Å²) in [5, 5.41) is 13.7. The Morgan fingerprint density at radius 2 is 1.78 bits per heavy atom. The zero-order chi connectivity index (χ0) is 25.8. The van der Waals surface area contributed by atoms with E-state index in [1.807, 2.05) is 58.9 Å². The summed E-state index contributed by atoms with van der Waals surface area (Å²) >= 11 is 0. The molecule has 1 aliphatic rings. The Balaban J connectivity index is 1.92. The molecule has 1 aromatic heterocycles. The SMILES string of the molecule is Cc1nc2c(C)c([C@H](OC(C)(C)C)C(=O)O)c(-c3ccc4c(c3)CCCO4)c(C)c2c2ccccc12. The van der Waals surface area contributed by atoms with E-state index in [2.05, 4.69) is 25.1 Å². The fourth-order valence-corrected chi connectivity index (χ4v) is 5.52. The molecule has 186 valence electrons. The van der Waals surface area contributed by atoms with Crippen molar-refractivity contribution < 1.29 is 19.4 Å². The molecule has 1 N–H and O–H groups in total. The average molecular weight is 484 g/mol. The van der Waals surface area contributed by atoms with Crippen LogP contribution >= 0.6 is 0 Å². The Hall–Kier alpha value is -3.44. The molecule has 1 atom stereocenters. The third-order valence-corrected chi connectivity index (χ3v) is 7.04. The lowest BCUT2D eigenvalue weighted by Crippen LogP contribution is -2.28. The molecule has 4 aromatic rings. The number of aryl methyl sites for hydroxylation is 4. The van der Waals surface area contributed by atoms with Crippen LogP contribution in [-0.4, -0.2) is 28.3 Å². The molecule has 0 spiro atoms. The predicted molar refractivity (Wildman–Crippen MR) is 144 cm³/mol. The van der Waals surface area contributed by atoms with Gasteiger partial charge in [0.15, 0.2) is 6.10 Å². The van der Waals surface area contributed by atoms with Crippen molar-refractivity contribution in [2.24, 2.45) is 0 Å². The van der Waals surface area contributed by atoms with Gasteiger partial charge in [-0.3, -0.25) is 4.98 Å². The van der Waals surface area contributed by atoms with Crippen LogP contribution in [0, 0.1) is 20.8 Å². The van der Waals surface area contributed by atoms with Crippen molar-refractivity contribution >= 4 is 27.6 Å². The lowest BCUT2D eigenvalue weighted by Gasteiger charge is -2.30. The summed E-state index contributed by atoms with van der Waals surface area (Å²) in [6.45, 7) is 12.5. The van der Waals surface area contributed by atoms with Crippen LogP contribution in [0.3, 0.4) is 0 Å². The van der Waals surface area contributed by atoms with Crippen molar-refractivity contribution in [2.75, 3.05) is 6.61 Å². The number of carbonyl (C=O) groups is 1. The first-order chi connectivity index (χ1) is 17.1. The Kier molecular flexibility index (Phi) is 6.00. The van der Waals surface area contributed by atoms with Gasteiger partial charge in [0.2, 0.25) is 0 Å². The highest BCUT2D eigenvalue weighted by Crippen LogP contribution is 2.44. The number of aliphatic carboxylic acids is 1. The van der Waals surface area contributed by atoms with Crippen molar-refractivity contribution in [1.29, 1.82) is 0 Å². The van der Waals surface area contributed by atoms with E-state index in [-0.39, 0.29) is 0 Å². The Morgan fingerprint density at radius 1 is 1.06 bits per heavy atom. The van der Waals surface area contributed by atoms with E-state index in [0.717, 1.165) is 80.4 Å². The molecule has 3 aromatic carbocycles. The van der Waals surface area contributed by atoms with E-state index in [1.54, 1.807) is 0 Å². The standard InChI is InChI=1S/C31H33NO4/c1-17-25(21-13-14-24-20(16-21)10-9-15-35-24)27(29(30(33)34)36-31(4,5)6)18(2)28-26(17)23-12-8-7-11-22(23)19(3)32-28/h7-8,11-14,16,29H,9-10,15H2,1-6H3,(H,33,34)/t29-/m0/s1. The minimum absolute atomic E-state index is 0.647. The maximum absolute atomic E-state index is 12.7. The second-order valence-corrected chi connectivity index (χ2v) is 10.7. The number of fused-ring (bicyclic) bond motifs is 4. The summed E-state index contributed by atoms with van der Waals surface area (Å²) in [5.41, 5.74) is 6.65. The number of carboxylic acid groups (broad SMARTS) is 1. The monoisotopic (exact) mass is 483 g/mol. The molecule has 5 rings (SSSR count). The van der Waals surface area contributed by atoms with Crippen LogP contribution in [0.15, 0.2) is 42.5 Å². The molecule has 5 nitrogen and oxygen atoms in total. The number of benzene rings is 3. The second kappa shape index (κ2) is 8.90. The molecule has 1 aliphatic heterocycles. The first-order valence-corrected chi connectivity index (χ1v) is 12.6. The third-order valence-electron chi connectivity index (χ3n) is 7.04. The van der Waals surface area contributed by atoms with Crippen molar-refractivity contribution in [3.8, 4) is 16.9 Å². The van der Waals surface area contributed by atoms with E-state index in [9.17, 15) is 9.90 Å². The van der Waals surface area contributed by atoms with Gasteiger partial charge in [0.1, 0.15) is 5.75 Å². The lowest BCUT2D eigenvalue weighted by molar-refractivity contribution is -0.160. The van der Waals surface area contributed by atoms with Gasteiger partial charge in [-0.25, -0.2) is 4.79 Å². The molecule has 0 fully saturated rings. The summed E-state index contributed by atoms with van der Waals surface area (Å²) in [6, 6.07) is 14.5. The van der Waals surface area contributed by atoms with Gasteiger partial charge in [0.05, 0.1) is 17.7 Å². The number of nitrogens with zero attached hydrogens (tertiary/aromatic N) is 1. The maximum atomic E-state index is 12.7. The summed E-state index contributed by atoms with van der Waals surface area (Å²) in [6.07, 6.45) is 0.774. The van der Waals surface area contributed by atoms with Gasteiger partial charge >= 0.3 is 5.97 Å². The van der Waals surface area contributed by atoms with Crippen molar-refractivity contribution in [3.05, 3.63) is 70.4 Å². The summed E-state index contributed by atoms with van der Waals surface area (Å²) in [4.78, 5) is 17.7. The first-order valence-electron chi connectivity index (χ1n) is 12.6.